The first-order valence-corrected chi connectivity index (χ1v) is 8.25. The number of piperidine rings is 1. The van der Waals surface area contributed by atoms with E-state index in [0.717, 1.165) is 19.5 Å². The van der Waals surface area contributed by atoms with Gasteiger partial charge in [-0.15, -0.1) is 0 Å². The second-order valence-electron chi connectivity index (χ2n) is 5.13. The molecule has 0 aliphatic carbocycles. The summed E-state index contributed by atoms with van der Waals surface area (Å²) in [6.07, 6.45) is 3.17. The minimum Gasteiger partial charge on any atom is -0.332 e. The third-order valence-electron chi connectivity index (χ3n) is 3.75. The topological polar surface area (TPSA) is 86.9 Å². The number of aromatic nitrogens is 2. The Bertz CT molecular complexity index is 512. The predicted molar refractivity (Wildman–Crippen MR) is 73.3 cm³/mol. The highest BCUT2D eigenvalue weighted by Crippen LogP contribution is 2.18. The molecular weight excluding hydrogens is 264 g/mol. The average Bonchev–Trinajstić information content (AvgIpc) is 2.87. The van der Waals surface area contributed by atoms with E-state index in [0.29, 0.717) is 30.6 Å². The van der Waals surface area contributed by atoms with Crippen molar-refractivity contribution in [3.05, 3.63) is 12.0 Å². The van der Waals surface area contributed by atoms with E-state index < -0.39 is 10.0 Å². The van der Waals surface area contributed by atoms with Crippen LogP contribution in [0, 0.1) is 11.8 Å². The molecule has 2 heterocycles. The number of hydrogen-bond acceptors (Lipinski definition) is 4. The molecule has 1 aliphatic rings. The van der Waals surface area contributed by atoms with E-state index in [4.69, 9.17) is 0 Å². The summed E-state index contributed by atoms with van der Waals surface area (Å²) in [6.45, 7) is 6.46. The summed E-state index contributed by atoms with van der Waals surface area (Å²) in [6, 6.07) is 0. The van der Waals surface area contributed by atoms with Crippen molar-refractivity contribution in [1.82, 2.24) is 20.0 Å². The molecule has 1 aromatic heterocycles. The molecule has 0 spiro atoms. The molecule has 0 radical (unpaired) electrons. The van der Waals surface area contributed by atoms with Gasteiger partial charge in [0.2, 0.25) is 0 Å². The van der Waals surface area contributed by atoms with Crippen LogP contribution in [0.1, 0.15) is 26.1 Å². The molecule has 1 aliphatic heterocycles. The Hall–Kier alpha value is -0.920. The maximum absolute atomic E-state index is 12.1. The number of rotatable bonds is 5. The molecule has 19 heavy (non-hydrogen) atoms. The Labute approximate surface area is 114 Å². The molecular formula is C12H22N4O2S. The van der Waals surface area contributed by atoms with Crippen molar-refractivity contribution < 1.29 is 8.42 Å². The van der Waals surface area contributed by atoms with Gasteiger partial charge in [0.05, 0.1) is 6.20 Å². The van der Waals surface area contributed by atoms with Gasteiger partial charge in [-0.05, 0) is 31.3 Å². The Morgan fingerprint density at radius 1 is 1.53 bits per heavy atom. The highest BCUT2D eigenvalue weighted by Gasteiger charge is 2.24. The minimum absolute atomic E-state index is 0.153. The highest BCUT2D eigenvalue weighted by atomic mass is 32.2. The number of nitrogens with one attached hydrogen (secondary N) is 3. The lowest BCUT2D eigenvalue weighted by molar-refractivity contribution is 0.275. The highest BCUT2D eigenvalue weighted by molar-refractivity contribution is 7.89. The molecule has 1 aromatic rings. The Morgan fingerprint density at radius 2 is 2.32 bits per heavy atom. The number of imidazole rings is 1. The quantitative estimate of drug-likeness (QED) is 0.735. The standard InChI is InChI=1S/C12H22N4O2S/c1-3-11-14-8-12(16-11)19(17,18)15-7-10-6-13-5-4-9(10)2/h8-10,13,15H,3-7H2,1-2H3,(H,14,16). The summed E-state index contributed by atoms with van der Waals surface area (Å²) in [5.74, 6) is 1.57. The number of hydrogen-bond donors (Lipinski definition) is 3. The van der Waals surface area contributed by atoms with Gasteiger partial charge in [-0.3, -0.25) is 0 Å². The second kappa shape index (κ2) is 6.02. The SMILES string of the molecule is CCc1ncc(S(=O)(=O)NCC2CNCCC2C)[nH]1. The van der Waals surface area contributed by atoms with Gasteiger partial charge >= 0.3 is 0 Å². The lowest BCUT2D eigenvalue weighted by atomic mass is 9.88. The third-order valence-corrected chi connectivity index (χ3v) is 5.09. The van der Waals surface area contributed by atoms with E-state index in [-0.39, 0.29) is 5.03 Å². The zero-order valence-corrected chi connectivity index (χ0v) is 12.3. The van der Waals surface area contributed by atoms with E-state index in [1.807, 2.05) is 6.92 Å². The molecule has 0 aromatic carbocycles. The molecule has 2 atom stereocenters. The Balaban J connectivity index is 1.97. The van der Waals surface area contributed by atoms with Gasteiger partial charge in [-0.1, -0.05) is 13.8 Å². The lowest BCUT2D eigenvalue weighted by Crippen LogP contribution is -2.42. The fourth-order valence-corrected chi connectivity index (χ4v) is 3.31. The van der Waals surface area contributed by atoms with Gasteiger partial charge in [0.1, 0.15) is 5.82 Å². The average molecular weight is 286 g/mol. The number of aromatic amines is 1. The number of nitrogens with zero attached hydrogens (tertiary/aromatic N) is 1. The molecule has 0 saturated carbocycles. The molecule has 1 saturated heterocycles. The Morgan fingerprint density at radius 3 is 2.95 bits per heavy atom. The van der Waals surface area contributed by atoms with Crippen molar-refractivity contribution in [1.29, 1.82) is 0 Å². The molecule has 3 N–H and O–H groups in total. The van der Waals surface area contributed by atoms with Crippen LogP contribution in [-0.4, -0.2) is 38.0 Å². The normalized spacial score (nSPS) is 24.5. The largest absolute Gasteiger partial charge is 0.332 e. The molecule has 2 unspecified atom stereocenters. The monoisotopic (exact) mass is 286 g/mol. The van der Waals surface area contributed by atoms with Crippen molar-refractivity contribution in [3.8, 4) is 0 Å². The van der Waals surface area contributed by atoms with Gasteiger partial charge in [0.25, 0.3) is 10.0 Å². The third kappa shape index (κ3) is 3.55. The van der Waals surface area contributed by atoms with E-state index in [2.05, 4.69) is 26.9 Å². The molecule has 6 nitrogen and oxygen atoms in total. The van der Waals surface area contributed by atoms with E-state index in [1.165, 1.54) is 6.20 Å². The fourth-order valence-electron chi connectivity index (χ4n) is 2.28. The van der Waals surface area contributed by atoms with Crippen molar-refractivity contribution in [2.24, 2.45) is 11.8 Å². The number of aryl methyl sites for hydroxylation is 1. The van der Waals surface area contributed by atoms with Crippen LogP contribution in [0.15, 0.2) is 11.2 Å². The summed E-state index contributed by atoms with van der Waals surface area (Å²) in [7, 11) is -3.47. The van der Waals surface area contributed by atoms with Crippen LogP contribution >= 0.6 is 0 Å². The molecule has 0 amide bonds. The fraction of sp³-hybridized carbons (Fsp3) is 0.750. The lowest BCUT2D eigenvalue weighted by Gasteiger charge is -2.29. The second-order valence-corrected chi connectivity index (χ2v) is 6.87. The smallest absolute Gasteiger partial charge is 0.257 e. The number of H-pyrrole nitrogens is 1. The van der Waals surface area contributed by atoms with Crippen molar-refractivity contribution in [2.45, 2.75) is 31.7 Å². The van der Waals surface area contributed by atoms with Crippen molar-refractivity contribution in [2.75, 3.05) is 19.6 Å². The van der Waals surface area contributed by atoms with Gasteiger partial charge in [-0.2, -0.15) is 0 Å². The summed E-state index contributed by atoms with van der Waals surface area (Å²) >= 11 is 0. The zero-order chi connectivity index (χ0) is 13.9. The van der Waals surface area contributed by atoms with Crippen molar-refractivity contribution in [3.63, 3.8) is 0 Å². The van der Waals surface area contributed by atoms with Crippen molar-refractivity contribution >= 4 is 10.0 Å². The van der Waals surface area contributed by atoms with Crippen LogP contribution in [0.3, 0.4) is 0 Å². The van der Waals surface area contributed by atoms with E-state index >= 15 is 0 Å². The summed E-state index contributed by atoms with van der Waals surface area (Å²) in [5, 5.41) is 3.45. The van der Waals surface area contributed by atoms with Gasteiger partial charge < -0.3 is 10.3 Å². The zero-order valence-electron chi connectivity index (χ0n) is 11.4. The van der Waals surface area contributed by atoms with Gasteiger partial charge in [-0.25, -0.2) is 18.1 Å². The van der Waals surface area contributed by atoms with Crippen LogP contribution in [0.25, 0.3) is 0 Å². The summed E-state index contributed by atoms with van der Waals surface area (Å²) in [4.78, 5) is 6.85. The van der Waals surface area contributed by atoms with Crippen LogP contribution < -0.4 is 10.0 Å². The molecule has 1 fully saturated rings. The molecule has 0 bridgehead atoms. The maximum Gasteiger partial charge on any atom is 0.257 e. The van der Waals surface area contributed by atoms with Crippen LogP contribution in [-0.2, 0) is 16.4 Å². The minimum atomic E-state index is -3.47. The van der Waals surface area contributed by atoms with Crippen LogP contribution in [0.2, 0.25) is 0 Å². The van der Waals surface area contributed by atoms with E-state index in [9.17, 15) is 8.42 Å². The van der Waals surface area contributed by atoms with Gasteiger partial charge in [0.15, 0.2) is 5.03 Å². The summed E-state index contributed by atoms with van der Waals surface area (Å²) < 4.78 is 26.9. The maximum atomic E-state index is 12.1. The van der Waals surface area contributed by atoms with E-state index in [1.54, 1.807) is 0 Å². The van der Waals surface area contributed by atoms with Gasteiger partial charge in [0, 0.05) is 13.0 Å². The summed E-state index contributed by atoms with van der Waals surface area (Å²) in [5.41, 5.74) is 0. The molecule has 2 rings (SSSR count). The first-order chi connectivity index (χ1) is 9.03. The first-order valence-electron chi connectivity index (χ1n) is 6.77. The first kappa shape index (κ1) is 14.5. The van der Waals surface area contributed by atoms with Crippen LogP contribution in [0.4, 0.5) is 0 Å². The number of sulfonamides is 1. The Kier molecular flexibility index (Phi) is 4.59. The molecule has 7 heteroatoms. The predicted octanol–water partition coefficient (Wildman–Crippen LogP) is 0.496. The molecule has 108 valence electrons. The van der Waals surface area contributed by atoms with Crippen LogP contribution in [0.5, 0.6) is 0 Å².